The van der Waals surface area contributed by atoms with Gasteiger partial charge in [0.1, 0.15) is 0 Å². The van der Waals surface area contributed by atoms with Gasteiger partial charge in [0.15, 0.2) is 0 Å². The van der Waals surface area contributed by atoms with E-state index in [0.717, 1.165) is 12.8 Å². The smallest absolute Gasteiger partial charge is 0.305 e. The number of hydrogen-bond acceptors (Lipinski definition) is 4. The molecular formula is C12H17N3O2. The summed E-state index contributed by atoms with van der Waals surface area (Å²) >= 11 is 0. The van der Waals surface area contributed by atoms with Crippen molar-refractivity contribution in [3.63, 3.8) is 0 Å². The van der Waals surface area contributed by atoms with Crippen molar-refractivity contribution in [3.8, 4) is 0 Å². The maximum atomic E-state index is 10.7. The van der Waals surface area contributed by atoms with E-state index in [1.807, 2.05) is 4.90 Å². The molecule has 0 radical (unpaired) electrons. The second-order valence-electron chi connectivity index (χ2n) is 4.32. The van der Waals surface area contributed by atoms with Crippen molar-refractivity contribution in [2.75, 3.05) is 11.4 Å². The van der Waals surface area contributed by atoms with Crippen molar-refractivity contribution in [1.29, 1.82) is 0 Å². The van der Waals surface area contributed by atoms with Crippen LogP contribution in [0.15, 0.2) is 18.5 Å². The number of aliphatic carboxylic acids is 1. The Labute approximate surface area is 100 Å². The summed E-state index contributed by atoms with van der Waals surface area (Å²) in [5.74, 6) is -0.121. The van der Waals surface area contributed by atoms with E-state index in [0.29, 0.717) is 18.5 Å². The molecule has 0 spiro atoms. The minimum absolute atomic E-state index is 0.134. The molecule has 0 atom stereocenters. The lowest BCUT2D eigenvalue weighted by Gasteiger charge is -2.28. The highest BCUT2D eigenvalue weighted by Gasteiger charge is 2.24. The number of anilines is 1. The van der Waals surface area contributed by atoms with Gasteiger partial charge in [0.2, 0.25) is 5.95 Å². The summed E-state index contributed by atoms with van der Waals surface area (Å²) in [4.78, 5) is 21.2. The first-order valence-electron chi connectivity index (χ1n) is 6.03. The predicted octanol–water partition coefficient (Wildman–Crippen LogP) is 1.70. The summed E-state index contributed by atoms with van der Waals surface area (Å²) in [6.07, 6.45) is 8.17. The molecule has 2 rings (SSSR count). The van der Waals surface area contributed by atoms with E-state index >= 15 is 0 Å². The Hall–Kier alpha value is -1.65. The van der Waals surface area contributed by atoms with Crippen LogP contribution < -0.4 is 4.90 Å². The highest BCUT2D eigenvalue weighted by Crippen LogP contribution is 2.26. The number of carboxylic acid groups (broad SMARTS) is 1. The van der Waals surface area contributed by atoms with Crippen molar-refractivity contribution in [3.05, 3.63) is 18.5 Å². The van der Waals surface area contributed by atoms with Crippen LogP contribution in [0.3, 0.4) is 0 Å². The molecule has 5 heteroatoms. The molecule has 0 saturated heterocycles. The van der Waals surface area contributed by atoms with Gasteiger partial charge in [-0.2, -0.15) is 0 Å². The fourth-order valence-electron chi connectivity index (χ4n) is 2.32. The molecule has 1 aliphatic rings. The third kappa shape index (κ3) is 3.15. The molecular weight excluding hydrogens is 218 g/mol. The zero-order valence-corrected chi connectivity index (χ0v) is 9.75. The van der Waals surface area contributed by atoms with Crippen LogP contribution in [0.4, 0.5) is 5.95 Å². The molecule has 1 aliphatic carbocycles. The average molecular weight is 235 g/mol. The lowest BCUT2D eigenvalue weighted by Crippen LogP contribution is -2.36. The fraction of sp³-hybridized carbons (Fsp3) is 0.583. The Morgan fingerprint density at radius 2 is 2.00 bits per heavy atom. The summed E-state index contributed by atoms with van der Waals surface area (Å²) in [7, 11) is 0. The van der Waals surface area contributed by atoms with E-state index in [4.69, 9.17) is 5.11 Å². The summed E-state index contributed by atoms with van der Waals surface area (Å²) < 4.78 is 0. The van der Waals surface area contributed by atoms with Crippen molar-refractivity contribution >= 4 is 11.9 Å². The third-order valence-corrected chi connectivity index (χ3v) is 3.14. The highest BCUT2D eigenvalue weighted by atomic mass is 16.4. The average Bonchev–Trinajstić information content (AvgIpc) is 2.84. The van der Waals surface area contributed by atoms with E-state index in [2.05, 4.69) is 9.97 Å². The van der Waals surface area contributed by atoms with Crippen molar-refractivity contribution in [1.82, 2.24) is 9.97 Å². The molecule has 0 aliphatic heterocycles. The SMILES string of the molecule is O=C(O)CCN(c1ncccn1)C1CCCC1. The van der Waals surface area contributed by atoms with E-state index < -0.39 is 5.97 Å². The van der Waals surface area contributed by atoms with Gasteiger partial charge in [-0.1, -0.05) is 12.8 Å². The Kier molecular flexibility index (Phi) is 3.90. The van der Waals surface area contributed by atoms with Crippen LogP contribution in [0.1, 0.15) is 32.1 Å². The van der Waals surface area contributed by atoms with Crippen LogP contribution >= 0.6 is 0 Å². The van der Waals surface area contributed by atoms with Gasteiger partial charge in [-0.05, 0) is 18.9 Å². The lowest BCUT2D eigenvalue weighted by atomic mass is 10.2. The first kappa shape index (κ1) is 11.8. The number of hydrogen-bond donors (Lipinski definition) is 1. The number of aromatic nitrogens is 2. The Morgan fingerprint density at radius 3 is 2.59 bits per heavy atom. The maximum absolute atomic E-state index is 10.7. The molecule has 1 aromatic rings. The molecule has 0 bridgehead atoms. The third-order valence-electron chi connectivity index (χ3n) is 3.14. The van der Waals surface area contributed by atoms with Crippen LogP contribution in [-0.2, 0) is 4.79 Å². The normalized spacial score (nSPS) is 16.0. The fourth-order valence-corrected chi connectivity index (χ4v) is 2.32. The van der Waals surface area contributed by atoms with Gasteiger partial charge >= 0.3 is 5.97 Å². The van der Waals surface area contributed by atoms with Crippen LogP contribution in [0.25, 0.3) is 0 Å². The van der Waals surface area contributed by atoms with Gasteiger partial charge in [-0.25, -0.2) is 9.97 Å². The number of nitrogens with zero attached hydrogens (tertiary/aromatic N) is 3. The molecule has 1 heterocycles. The molecule has 1 fully saturated rings. The first-order valence-corrected chi connectivity index (χ1v) is 6.03. The topological polar surface area (TPSA) is 66.3 Å². The zero-order valence-electron chi connectivity index (χ0n) is 9.75. The largest absolute Gasteiger partial charge is 0.481 e. The molecule has 5 nitrogen and oxygen atoms in total. The van der Waals surface area contributed by atoms with Crippen molar-refractivity contribution in [2.45, 2.75) is 38.1 Å². The molecule has 92 valence electrons. The van der Waals surface area contributed by atoms with Crippen LogP contribution in [-0.4, -0.2) is 33.6 Å². The van der Waals surface area contributed by atoms with Gasteiger partial charge in [-0.15, -0.1) is 0 Å². The standard InChI is InChI=1S/C12H17N3O2/c16-11(17)6-9-15(10-4-1-2-5-10)12-13-7-3-8-14-12/h3,7-8,10H,1-2,4-6,9H2,(H,16,17). The molecule has 1 N–H and O–H groups in total. The first-order chi connectivity index (χ1) is 8.27. The Balaban J connectivity index is 2.08. The van der Waals surface area contributed by atoms with Crippen molar-refractivity contribution in [2.24, 2.45) is 0 Å². The Bertz CT molecular complexity index is 363. The van der Waals surface area contributed by atoms with Gasteiger partial charge in [0.05, 0.1) is 6.42 Å². The molecule has 17 heavy (non-hydrogen) atoms. The van der Waals surface area contributed by atoms with Crippen LogP contribution in [0.5, 0.6) is 0 Å². The number of carbonyl (C=O) groups is 1. The minimum atomic E-state index is -0.774. The van der Waals surface area contributed by atoms with Gasteiger partial charge < -0.3 is 10.0 Å². The monoisotopic (exact) mass is 235 g/mol. The summed E-state index contributed by atoms with van der Waals surface area (Å²) in [6, 6.07) is 2.17. The quantitative estimate of drug-likeness (QED) is 0.841. The Morgan fingerprint density at radius 1 is 1.35 bits per heavy atom. The second-order valence-corrected chi connectivity index (χ2v) is 4.32. The highest BCUT2D eigenvalue weighted by molar-refractivity contribution is 5.67. The van der Waals surface area contributed by atoms with Gasteiger partial charge in [-0.3, -0.25) is 4.79 Å². The van der Waals surface area contributed by atoms with Gasteiger partial charge in [0.25, 0.3) is 0 Å². The summed E-state index contributed by atoms with van der Waals surface area (Å²) in [5, 5.41) is 8.78. The van der Waals surface area contributed by atoms with E-state index in [1.54, 1.807) is 18.5 Å². The van der Waals surface area contributed by atoms with Gasteiger partial charge in [0, 0.05) is 25.0 Å². The molecule has 0 amide bonds. The zero-order chi connectivity index (χ0) is 12.1. The second kappa shape index (κ2) is 5.61. The summed E-state index contributed by atoms with van der Waals surface area (Å²) in [5.41, 5.74) is 0. The summed E-state index contributed by atoms with van der Waals surface area (Å²) in [6.45, 7) is 0.490. The van der Waals surface area contributed by atoms with Crippen molar-refractivity contribution < 1.29 is 9.90 Å². The molecule has 0 aromatic carbocycles. The predicted molar refractivity (Wildman–Crippen MR) is 63.9 cm³/mol. The minimum Gasteiger partial charge on any atom is -0.481 e. The van der Waals surface area contributed by atoms with E-state index in [1.165, 1.54) is 12.8 Å². The van der Waals surface area contributed by atoms with Crippen LogP contribution in [0.2, 0.25) is 0 Å². The van der Waals surface area contributed by atoms with E-state index in [-0.39, 0.29) is 6.42 Å². The lowest BCUT2D eigenvalue weighted by molar-refractivity contribution is -0.136. The van der Waals surface area contributed by atoms with E-state index in [9.17, 15) is 4.79 Å². The van der Waals surface area contributed by atoms with Crippen LogP contribution in [0, 0.1) is 0 Å². The molecule has 1 aromatic heterocycles. The molecule has 0 unspecified atom stereocenters. The maximum Gasteiger partial charge on any atom is 0.305 e. The number of rotatable bonds is 5. The number of carboxylic acids is 1. The molecule has 1 saturated carbocycles.